The quantitative estimate of drug-likeness (QED) is 0.668. The van der Waals surface area contributed by atoms with Gasteiger partial charge in [0.05, 0.1) is 12.8 Å². The summed E-state index contributed by atoms with van der Waals surface area (Å²) in [6.07, 6.45) is 3.11. The molecule has 0 aliphatic carbocycles. The van der Waals surface area contributed by atoms with Crippen LogP contribution in [0.5, 0.6) is 5.75 Å². The van der Waals surface area contributed by atoms with Gasteiger partial charge in [0.2, 0.25) is 0 Å². The molecule has 0 radical (unpaired) electrons. The summed E-state index contributed by atoms with van der Waals surface area (Å²) in [7, 11) is 1.66. The third-order valence-electron chi connectivity index (χ3n) is 2.19. The Bertz CT molecular complexity index is 290. The van der Waals surface area contributed by atoms with Crippen molar-refractivity contribution in [3.05, 3.63) is 24.3 Å². The second-order valence-electron chi connectivity index (χ2n) is 3.36. The Kier molecular flexibility index (Phi) is 4.17. The Morgan fingerprint density at radius 1 is 1.36 bits per heavy atom. The van der Waals surface area contributed by atoms with E-state index >= 15 is 0 Å². The van der Waals surface area contributed by atoms with E-state index in [9.17, 15) is 0 Å². The zero-order valence-corrected chi connectivity index (χ0v) is 9.03. The number of rotatable bonds is 4. The third-order valence-corrected chi connectivity index (χ3v) is 2.19. The molecule has 2 heteroatoms. The van der Waals surface area contributed by atoms with E-state index in [0.29, 0.717) is 5.92 Å². The monoisotopic (exact) mass is 191 g/mol. The summed E-state index contributed by atoms with van der Waals surface area (Å²) in [5.74, 6) is 1.41. The number of methoxy groups -OCH3 is 1. The van der Waals surface area contributed by atoms with Crippen LogP contribution in [0.25, 0.3) is 0 Å². The van der Waals surface area contributed by atoms with Gasteiger partial charge >= 0.3 is 0 Å². The van der Waals surface area contributed by atoms with E-state index in [2.05, 4.69) is 18.8 Å². The maximum atomic E-state index is 5.06. The van der Waals surface area contributed by atoms with Crippen LogP contribution in [-0.2, 0) is 0 Å². The average molecular weight is 191 g/mol. The molecule has 76 valence electrons. The number of benzene rings is 1. The number of ether oxygens (including phenoxy) is 1. The zero-order chi connectivity index (χ0) is 10.4. The van der Waals surface area contributed by atoms with Crippen LogP contribution in [0.4, 0.5) is 5.69 Å². The Balaban J connectivity index is 2.64. The number of nitrogens with zero attached hydrogens (tertiary/aromatic N) is 1. The summed E-state index contributed by atoms with van der Waals surface area (Å²) >= 11 is 0. The van der Waals surface area contributed by atoms with Crippen molar-refractivity contribution >= 4 is 11.9 Å². The molecule has 1 aromatic carbocycles. The number of hydrogen-bond acceptors (Lipinski definition) is 2. The second kappa shape index (κ2) is 5.43. The molecular formula is C12H17NO. The van der Waals surface area contributed by atoms with Gasteiger partial charge in [-0.25, -0.2) is 0 Å². The van der Waals surface area contributed by atoms with E-state index in [0.717, 1.165) is 17.9 Å². The molecule has 0 saturated carbocycles. The molecule has 1 atom stereocenters. The molecule has 0 N–H and O–H groups in total. The summed E-state index contributed by atoms with van der Waals surface area (Å²) in [5.41, 5.74) is 0.978. The molecule has 0 amide bonds. The van der Waals surface area contributed by atoms with E-state index in [1.165, 1.54) is 0 Å². The molecule has 14 heavy (non-hydrogen) atoms. The minimum absolute atomic E-state index is 0.539. The third kappa shape index (κ3) is 3.21. The summed E-state index contributed by atoms with van der Waals surface area (Å²) in [6, 6.07) is 7.75. The minimum atomic E-state index is 0.539. The van der Waals surface area contributed by atoms with Gasteiger partial charge in [-0.1, -0.05) is 13.8 Å². The molecular weight excluding hydrogens is 174 g/mol. The van der Waals surface area contributed by atoms with Crippen molar-refractivity contribution in [2.45, 2.75) is 20.3 Å². The molecule has 0 spiro atoms. The lowest BCUT2D eigenvalue weighted by molar-refractivity contribution is 0.415. The molecule has 0 bridgehead atoms. The van der Waals surface area contributed by atoms with Crippen molar-refractivity contribution in [2.24, 2.45) is 10.9 Å². The van der Waals surface area contributed by atoms with Crippen LogP contribution in [-0.4, -0.2) is 13.3 Å². The smallest absolute Gasteiger partial charge is 0.119 e. The van der Waals surface area contributed by atoms with Gasteiger partial charge in [-0.15, -0.1) is 0 Å². The molecule has 0 fully saturated rings. The fraction of sp³-hybridized carbons (Fsp3) is 0.417. The van der Waals surface area contributed by atoms with Crippen LogP contribution in [0.2, 0.25) is 0 Å². The average Bonchev–Trinajstić information content (AvgIpc) is 2.26. The first-order valence-electron chi connectivity index (χ1n) is 4.94. The summed E-state index contributed by atoms with van der Waals surface area (Å²) < 4.78 is 5.06. The first-order chi connectivity index (χ1) is 6.76. The van der Waals surface area contributed by atoms with Gasteiger partial charge < -0.3 is 4.74 Å². The molecule has 0 aliphatic rings. The summed E-state index contributed by atoms with van der Waals surface area (Å²) in [4.78, 5) is 4.37. The van der Waals surface area contributed by atoms with Gasteiger partial charge in [0.15, 0.2) is 0 Å². The maximum absolute atomic E-state index is 5.06. The van der Waals surface area contributed by atoms with Crippen molar-refractivity contribution < 1.29 is 4.74 Å². The number of aliphatic imine (C=N–C) groups is 1. The van der Waals surface area contributed by atoms with E-state index in [1.54, 1.807) is 7.11 Å². The molecule has 1 unspecified atom stereocenters. The minimum Gasteiger partial charge on any atom is -0.497 e. The van der Waals surface area contributed by atoms with Crippen molar-refractivity contribution in [2.75, 3.05) is 7.11 Å². The molecule has 1 aromatic rings. The lowest BCUT2D eigenvalue weighted by Crippen LogP contribution is -1.91. The molecule has 1 rings (SSSR count). The predicted molar refractivity (Wildman–Crippen MR) is 60.6 cm³/mol. The Hall–Kier alpha value is -1.31. The first-order valence-corrected chi connectivity index (χ1v) is 4.94. The van der Waals surface area contributed by atoms with E-state index in [1.807, 2.05) is 30.5 Å². The lowest BCUT2D eigenvalue weighted by Gasteiger charge is -2.00. The van der Waals surface area contributed by atoms with E-state index in [4.69, 9.17) is 4.74 Å². The van der Waals surface area contributed by atoms with Gasteiger partial charge in [0.25, 0.3) is 0 Å². The topological polar surface area (TPSA) is 21.6 Å². The first kappa shape index (κ1) is 10.8. The maximum Gasteiger partial charge on any atom is 0.119 e. The Morgan fingerprint density at radius 3 is 2.50 bits per heavy atom. The van der Waals surface area contributed by atoms with Gasteiger partial charge in [0, 0.05) is 6.21 Å². The highest BCUT2D eigenvalue weighted by atomic mass is 16.5. The van der Waals surface area contributed by atoms with Crippen LogP contribution in [0.3, 0.4) is 0 Å². The van der Waals surface area contributed by atoms with Crippen molar-refractivity contribution in [1.29, 1.82) is 0 Å². The number of hydrogen-bond donors (Lipinski definition) is 0. The van der Waals surface area contributed by atoms with E-state index < -0.39 is 0 Å². The molecule has 0 saturated heterocycles. The van der Waals surface area contributed by atoms with Crippen LogP contribution in [0.1, 0.15) is 20.3 Å². The predicted octanol–water partition coefficient (Wildman–Crippen LogP) is 3.44. The SMILES string of the molecule is CCC(C)C=Nc1ccc(OC)cc1. The Labute approximate surface area is 85.6 Å². The van der Waals surface area contributed by atoms with Crippen LogP contribution < -0.4 is 4.74 Å². The van der Waals surface area contributed by atoms with Gasteiger partial charge in [-0.05, 0) is 36.6 Å². The largest absolute Gasteiger partial charge is 0.497 e. The van der Waals surface area contributed by atoms with Crippen molar-refractivity contribution in [3.8, 4) is 5.75 Å². The molecule has 0 heterocycles. The molecule has 2 nitrogen and oxygen atoms in total. The zero-order valence-electron chi connectivity index (χ0n) is 9.03. The summed E-state index contributed by atoms with van der Waals surface area (Å²) in [6.45, 7) is 4.32. The highest BCUT2D eigenvalue weighted by Crippen LogP contribution is 2.17. The summed E-state index contributed by atoms with van der Waals surface area (Å²) in [5, 5.41) is 0. The van der Waals surface area contributed by atoms with Crippen LogP contribution in [0.15, 0.2) is 29.3 Å². The van der Waals surface area contributed by atoms with Crippen LogP contribution in [0, 0.1) is 5.92 Å². The normalized spacial score (nSPS) is 13.1. The highest BCUT2D eigenvalue weighted by molar-refractivity contribution is 5.65. The fourth-order valence-electron chi connectivity index (χ4n) is 0.987. The molecule has 0 aromatic heterocycles. The fourth-order valence-corrected chi connectivity index (χ4v) is 0.987. The van der Waals surface area contributed by atoms with E-state index in [-0.39, 0.29) is 0 Å². The van der Waals surface area contributed by atoms with Gasteiger partial charge in [-0.3, -0.25) is 4.99 Å². The van der Waals surface area contributed by atoms with Crippen LogP contribution >= 0.6 is 0 Å². The molecule has 0 aliphatic heterocycles. The second-order valence-corrected chi connectivity index (χ2v) is 3.36. The van der Waals surface area contributed by atoms with Crippen molar-refractivity contribution in [3.63, 3.8) is 0 Å². The Morgan fingerprint density at radius 2 is 2.00 bits per heavy atom. The van der Waals surface area contributed by atoms with Gasteiger partial charge in [0.1, 0.15) is 5.75 Å². The van der Waals surface area contributed by atoms with Gasteiger partial charge in [-0.2, -0.15) is 0 Å². The lowest BCUT2D eigenvalue weighted by atomic mass is 10.1. The standard InChI is InChI=1S/C12H17NO/c1-4-10(2)9-13-11-5-7-12(14-3)8-6-11/h5-10H,4H2,1-3H3. The van der Waals surface area contributed by atoms with Crippen molar-refractivity contribution in [1.82, 2.24) is 0 Å². The highest BCUT2D eigenvalue weighted by Gasteiger charge is 1.93.